The molecule has 1 aliphatic rings. The Morgan fingerprint density at radius 3 is 2.72 bits per heavy atom. The van der Waals surface area contributed by atoms with Gasteiger partial charge in [-0.1, -0.05) is 19.0 Å². The number of anilines is 1. The van der Waals surface area contributed by atoms with Crippen molar-refractivity contribution in [1.82, 2.24) is 20.4 Å². The summed E-state index contributed by atoms with van der Waals surface area (Å²) in [4.78, 5) is 18.6. The first-order chi connectivity index (χ1) is 11.9. The van der Waals surface area contributed by atoms with Gasteiger partial charge in [-0.2, -0.15) is 4.98 Å². The van der Waals surface area contributed by atoms with Gasteiger partial charge < -0.3 is 15.2 Å². The standard InChI is InChI=1S/C17H22FN5O2/c1-10(2)15-21-16(25-22-15)14-8-13(9-23(14)3)20-17(24)19-12-6-4-11(18)5-7-12/h4-7,10,13-14H,8-9H2,1-3H3,(H2,19,20,24)/t13-,14+/m0/s1. The molecule has 2 N–H and O–H groups in total. The lowest BCUT2D eigenvalue weighted by Gasteiger charge is -2.14. The molecule has 2 aromatic rings. The molecule has 0 radical (unpaired) electrons. The number of amides is 2. The summed E-state index contributed by atoms with van der Waals surface area (Å²) in [7, 11) is 1.96. The van der Waals surface area contributed by atoms with Crippen molar-refractivity contribution < 1.29 is 13.7 Å². The summed E-state index contributed by atoms with van der Waals surface area (Å²) >= 11 is 0. The third-order valence-corrected chi connectivity index (χ3v) is 4.24. The van der Waals surface area contributed by atoms with Crippen LogP contribution in [0.25, 0.3) is 0 Å². The summed E-state index contributed by atoms with van der Waals surface area (Å²) in [6.07, 6.45) is 0.688. The summed E-state index contributed by atoms with van der Waals surface area (Å²) in [5.74, 6) is 1.13. The van der Waals surface area contributed by atoms with Crippen molar-refractivity contribution in [3.63, 3.8) is 0 Å². The predicted molar refractivity (Wildman–Crippen MR) is 90.7 cm³/mol. The molecule has 25 heavy (non-hydrogen) atoms. The van der Waals surface area contributed by atoms with Crippen molar-refractivity contribution in [1.29, 1.82) is 0 Å². The maximum atomic E-state index is 12.9. The van der Waals surface area contributed by atoms with Crippen LogP contribution in [0.1, 0.15) is 43.9 Å². The molecule has 1 aliphatic heterocycles. The maximum Gasteiger partial charge on any atom is 0.319 e. The van der Waals surface area contributed by atoms with E-state index in [-0.39, 0.29) is 29.8 Å². The minimum absolute atomic E-state index is 0.0175. The number of rotatable bonds is 4. The Bertz CT molecular complexity index is 731. The van der Waals surface area contributed by atoms with Gasteiger partial charge in [0, 0.05) is 24.2 Å². The highest BCUT2D eigenvalue weighted by Crippen LogP contribution is 2.30. The Balaban J connectivity index is 1.57. The van der Waals surface area contributed by atoms with Gasteiger partial charge in [-0.3, -0.25) is 4.90 Å². The molecular formula is C17H22FN5O2. The van der Waals surface area contributed by atoms with Crippen LogP contribution in [0.4, 0.5) is 14.9 Å². The van der Waals surface area contributed by atoms with E-state index in [4.69, 9.17) is 4.52 Å². The third kappa shape index (κ3) is 4.14. The maximum absolute atomic E-state index is 12.9. The van der Waals surface area contributed by atoms with Gasteiger partial charge in [0.1, 0.15) is 5.82 Å². The van der Waals surface area contributed by atoms with Crippen molar-refractivity contribution in [2.75, 3.05) is 18.9 Å². The molecule has 1 saturated heterocycles. The number of hydrogen-bond donors (Lipinski definition) is 2. The van der Waals surface area contributed by atoms with Crippen molar-refractivity contribution in [2.24, 2.45) is 0 Å². The average molecular weight is 347 g/mol. The van der Waals surface area contributed by atoms with Crippen LogP contribution in [0.15, 0.2) is 28.8 Å². The smallest absolute Gasteiger partial charge is 0.319 e. The number of aromatic nitrogens is 2. The number of carbonyl (C=O) groups excluding carboxylic acids is 1. The Morgan fingerprint density at radius 1 is 1.36 bits per heavy atom. The van der Waals surface area contributed by atoms with Crippen LogP contribution < -0.4 is 10.6 Å². The zero-order valence-corrected chi connectivity index (χ0v) is 14.5. The zero-order chi connectivity index (χ0) is 18.0. The van der Waals surface area contributed by atoms with Gasteiger partial charge in [-0.25, -0.2) is 9.18 Å². The molecule has 0 aliphatic carbocycles. The minimum Gasteiger partial charge on any atom is -0.338 e. The predicted octanol–water partition coefficient (Wildman–Crippen LogP) is 2.90. The molecule has 2 amide bonds. The number of likely N-dealkylation sites (N-methyl/N-ethyl adjacent to an activating group) is 1. The SMILES string of the molecule is CC(C)c1noc([C@H]2C[C@H](NC(=O)Nc3ccc(F)cc3)CN2C)n1. The highest BCUT2D eigenvalue weighted by atomic mass is 19.1. The lowest BCUT2D eigenvalue weighted by atomic mass is 10.1. The fourth-order valence-corrected chi connectivity index (χ4v) is 2.90. The number of nitrogens with one attached hydrogen (secondary N) is 2. The van der Waals surface area contributed by atoms with E-state index in [2.05, 4.69) is 25.7 Å². The quantitative estimate of drug-likeness (QED) is 0.888. The van der Waals surface area contributed by atoms with E-state index >= 15 is 0 Å². The number of carbonyl (C=O) groups is 1. The molecular weight excluding hydrogens is 325 g/mol. The van der Waals surface area contributed by atoms with Crippen molar-refractivity contribution in [3.05, 3.63) is 41.8 Å². The number of halogens is 1. The Kier molecular flexibility index (Phi) is 4.98. The molecule has 0 saturated carbocycles. The van der Waals surface area contributed by atoms with E-state index < -0.39 is 0 Å². The van der Waals surface area contributed by atoms with Crippen molar-refractivity contribution in [2.45, 2.75) is 38.3 Å². The summed E-state index contributed by atoms with van der Waals surface area (Å²) in [5, 5.41) is 9.62. The van der Waals surface area contributed by atoms with E-state index in [9.17, 15) is 9.18 Å². The van der Waals surface area contributed by atoms with E-state index in [0.717, 1.165) is 0 Å². The third-order valence-electron chi connectivity index (χ3n) is 4.24. The van der Waals surface area contributed by atoms with Gasteiger partial charge in [0.05, 0.1) is 6.04 Å². The second kappa shape index (κ2) is 7.18. The second-order valence-electron chi connectivity index (χ2n) is 6.64. The topological polar surface area (TPSA) is 83.3 Å². The van der Waals surface area contributed by atoms with E-state index in [1.807, 2.05) is 20.9 Å². The zero-order valence-electron chi connectivity index (χ0n) is 14.5. The van der Waals surface area contributed by atoms with Crippen LogP contribution in [-0.2, 0) is 0 Å². The Hall–Kier alpha value is -2.48. The fraction of sp³-hybridized carbons (Fsp3) is 0.471. The minimum atomic E-state index is -0.341. The molecule has 8 heteroatoms. The molecule has 1 fully saturated rings. The van der Waals surface area contributed by atoms with Crippen molar-refractivity contribution in [3.8, 4) is 0 Å². The summed E-state index contributed by atoms with van der Waals surface area (Å²) in [6, 6.07) is 5.27. The average Bonchev–Trinajstić information content (AvgIpc) is 3.16. The van der Waals surface area contributed by atoms with Gasteiger partial charge in [-0.15, -0.1) is 0 Å². The van der Waals surface area contributed by atoms with Gasteiger partial charge >= 0.3 is 6.03 Å². The summed E-state index contributed by atoms with van der Waals surface area (Å²) < 4.78 is 18.3. The Labute approximate surface area is 145 Å². The van der Waals surface area contributed by atoms with E-state index in [1.165, 1.54) is 24.3 Å². The summed E-state index contributed by atoms with van der Waals surface area (Å²) in [5.41, 5.74) is 0.542. The molecule has 0 bridgehead atoms. The van der Waals surface area contributed by atoms with Crippen LogP contribution >= 0.6 is 0 Å². The molecule has 0 spiro atoms. The van der Waals surface area contributed by atoms with Crippen LogP contribution in [0.3, 0.4) is 0 Å². The van der Waals surface area contributed by atoms with Crippen molar-refractivity contribution >= 4 is 11.7 Å². The van der Waals surface area contributed by atoms with E-state index in [0.29, 0.717) is 30.4 Å². The fourth-order valence-electron chi connectivity index (χ4n) is 2.90. The molecule has 1 aromatic heterocycles. The number of nitrogens with zero attached hydrogens (tertiary/aromatic N) is 3. The van der Waals surface area contributed by atoms with Gasteiger partial charge in [0.15, 0.2) is 5.82 Å². The Morgan fingerprint density at radius 2 is 2.08 bits per heavy atom. The molecule has 3 rings (SSSR count). The summed E-state index contributed by atoms with van der Waals surface area (Å²) in [6.45, 7) is 4.70. The van der Waals surface area contributed by atoms with Gasteiger partial charge in [-0.05, 0) is 37.7 Å². The molecule has 7 nitrogen and oxygen atoms in total. The lowest BCUT2D eigenvalue weighted by molar-refractivity contribution is 0.243. The first-order valence-electron chi connectivity index (χ1n) is 8.29. The first kappa shape index (κ1) is 17.3. The largest absolute Gasteiger partial charge is 0.338 e. The monoisotopic (exact) mass is 347 g/mol. The molecule has 2 atom stereocenters. The van der Waals surface area contributed by atoms with Gasteiger partial charge in [0.25, 0.3) is 0 Å². The molecule has 1 aromatic carbocycles. The van der Waals surface area contributed by atoms with Crippen LogP contribution in [0.2, 0.25) is 0 Å². The van der Waals surface area contributed by atoms with Crippen LogP contribution in [-0.4, -0.2) is 40.7 Å². The molecule has 2 heterocycles. The molecule has 0 unspecified atom stereocenters. The van der Waals surface area contributed by atoms with Crippen LogP contribution in [0, 0.1) is 5.82 Å². The number of hydrogen-bond acceptors (Lipinski definition) is 5. The number of benzene rings is 1. The lowest BCUT2D eigenvalue weighted by Crippen LogP contribution is -2.39. The normalized spacial score (nSPS) is 20.8. The first-order valence-corrected chi connectivity index (χ1v) is 8.29. The van der Waals surface area contributed by atoms with Gasteiger partial charge in [0.2, 0.25) is 5.89 Å². The second-order valence-corrected chi connectivity index (χ2v) is 6.64. The highest BCUT2D eigenvalue weighted by Gasteiger charge is 2.35. The number of likely N-dealkylation sites (tertiary alicyclic amines) is 1. The number of urea groups is 1. The highest BCUT2D eigenvalue weighted by molar-refractivity contribution is 5.89. The van der Waals surface area contributed by atoms with Crippen LogP contribution in [0.5, 0.6) is 0 Å². The van der Waals surface area contributed by atoms with E-state index in [1.54, 1.807) is 0 Å². The molecule has 134 valence electrons.